The summed E-state index contributed by atoms with van der Waals surface area (Å²) < 4.78 is 12.3. The van der Waals surface area contributed by atoms with Crippen molar-refractivity contribution in [1.29, 1.82) is 0 Å². The first-order valence-corrected chi connectivity index (χ1v) is 11.6. The third kappa shape index (κ3) is 2.57. The second-order valence-corrected chi connectivity index (χ2v) is 10.4. The van der Waals surface area contributed by atoms with Gasteiger partial charge >= 0.3 is 5.97 Å². The number of fused-ring (bicyclic) bond motifs is 3. The van der Waals surface area contributed by atoms with Crippen molar-refractivity contribution in [3.8, 4) is 0 Å². The minimum Gasteiger partial charge on any atom is -0.477 e. The van der Waals surface area contributed by atoms with Crippen molar-refractivity contribution in [1.82, 2.24) is 9.80 Å². The number of carboxylic acid groups (broad SMARTS) is 1. The van der Waals surface area contributed by atoms with Crippen molar-refractivity contribution < 1.29 is 29.0 Å². The van der Waals surface area contributed by atoms with E-state index >= 15 is 0 Å². The van der Waals surface area contributed by atoms with Gasteiger partial charge in [0.2, 0.25) is 11.8 Å². The Morgan fingerprint density at radius 3 is 2.81 bits per heavy atom. The van der Waals surface area contributed by atoms with E-state index in [0.717, 1.165) is 16.9 Å². The zero-order valence-electron chi connectivity index (χ0n) is 17.2. The summed E-state index contributed by atoms with van der Waals surface area (Å²) in [4.78, 5) is 42.7. The Kier molecular flexibility index (Phi) is 4.02. The van der Waals surface area contributed by atoms with E-state index in [9.17, 15) is 19.5 Å². The number of aromatic carboxylic acids is 1. The third-order valence-corrected chi connectivity index (χ3v) is 8.86. The Labute approximate surface area is 183 Å². The number of hydrogen-bond acceptors (Lipinski definition) is 6. The number of hydrogen-bond donors (Lipinski definition) is 1. The van der Waals surface area contributed by atoms with Gasteiger partial charge in [-0.1, -0.05) is 12.2 Å². The van der Waals surface area contributed by atoms with Crippen LogP contribution in [0, 0.1) is 11.8 Å². The molecule has 5 aliphatic heterocycles. The van der Waals surface area contributed by atoms with Crippen LogP contribution in [0.15, 0.2) is 18.2 Å². The summed E-state index contributed by atoms with van der Waals surface area (Å²) in [5.41, 5.74) is -0.199. The van der Waals surface area contributed by atoms with Crippen molar-refractivity contribution in [2.45, 2.75) is 36.6 Å². The molecule has 3 fully saturated rings. The number of carbonyl (C=O) groups excluding carboxylic acids is 2. The highest BCUT2D eigenvalue weighted by Crippen LogP contribution is 2.52. The number of likely N-dealkylation sites (N-methyl/N-ethyl adjacent to an activating group) is 1. The third-order valence-electron chi connectivity index (χ3n) is 7.68. The molecule has 5 aliphatic rings. The SMILES string of the molecule is CN1C[C@]23C=C[C@H](O2)[C@H](C(=O)N2CCC4(CC2)OCCc2sc(C(=O)O)cc24)[C@@H]3C1=O. The summed E-state index contributed by atoms with van der Waals surface area (Å²) in [7, 11) is 1.76. The van der Waals surface area contributed by atoms with Crippen molar-refractivity contribution in [3.63, 3.8) is 0 Å². The minimum atomic E-state index is -0.911. The van der Waals surface area contributed by atoms with Gasteiger partial charge in [0.15, 0.2) is 0 Å². The first-order valence-electron chi connectivity index (χ1n) is 10.7. The van der Waals surface area contributed by atoms with Gasteiger partial charge in [-0.2, -0.15) is 0 Å². The summed E-state index contributed by atoms with van der Waals surface area (Å²) in [6, 6.07) is 1.75. The first kappa shape index (κ1) is 19.5. The standard InChI is InChI=1S/C22H24N2O6S/c1-23-11-22-4-2-13(30-22)16(17(22)19(23)26)18(25)24-7-5-21(6-8-24)12-10-15(20(27)28)31-14(12)3-9-29-21/h2,4,10,13,16-17H,3,5-9,11H2,1H3,(H,27,28)/t13-,16-,17+,22-/m0/s1. The predicted molar refractivity (Wildman–Crippen MR) is 110 cm³/mol. The Morgan fingerprint density at radius 1 is 1.29 bits per heavy atom. The largest absolute Gasteiger partial charge is 0.477 e. The van der Waals surface area contributed by atoms with Crippen LogP contribution in [0.2, 0.25) is 0 Å². The summed E-state index contributed by atoms with van der Waals surface area (Å²) in [5.74, 6) is -1.86. The second kappa shape index (κ2) is 6.40. The number of carbonyl (C=O) groups is 3. The Morgan fingerprint density at radius 2 is 2.06 bits per heavy atom. The number of likely N-dealkylation sites (tertiary alicyclic amines) is 2. The van der Waals surface area contributed by atoms with E-state index < -0.39 is 29.0 Å². The van der Waals surface area contributed by atoms with E-state index in [4.69, 9.17) is 9.47 Å². The molecule has 0 radical (unpaired) electrons. The lowest BCUT2D eigenvalue weighted by atomic mass is 9.76. The number of amides is 2. The summed E-state index contributed by atoms with van der Waals surface area (Å²) >= 11 is 1.33. The molecular weight excluding hydrogens is 420 g/mol. The molecule has 6 rings (SSSR count). The van der Waals surface area contributed by atoms with Gasteiger partial charge in [-0.25, -0.2) is 4.79 Å². The zero-order valence-corrected chi connectivity index (χ0v) is 18.0. The molecule has 2 spiro atoms. The van der Waals surface area contributed by atoms with Crippen LogP contribution in [0.4, 0.5) is 0 Å². The lowest BCUT2D eigenvalue weighted by Crippen LogP contribution is -2.52. The lowest BCUT2D eigenvalue weighted by molar-refractivity contribution is -0.149. The van der Waals surface area contributed by atoms with Crippen LogP contribution in [-0.2, 0) is 31.1 Å². The molecule has 3 saturated heterocycles. The molecule has 9 heteroatoms. The van der Waals surface area contributed by atoms with Crippen molar-refractivity contribution >= 4 is 29.1 Å². The highest BCUT2D eigenvalue weighted by Gasteiger charge is 2.66. The molecule has 31 heavy (non-hydrogen) atoms. The van der Waals surface area contributed by atoms with E-state index in [1.54, 1.807) is 18.0 Å². The predicted octanol–water partition coefficient (Wildman–Crippen LogP) is 1.25. The molecule has 0 aromatic carbocycles. The van der Waals surface area contributed by atoms with E-state index in [0.29, 0.717) is 44.0 Å². The van der Waals surface area contributed by atoms with Crippen molar-refractivity contribution in [3.05, 3.63) is 33.5 Å². The van der Waals surface area contributed by atoms with Crippen LogP contribution in [0.3, 0.4) is 0 Å². The van der Waals surface area contributed by atoms with Crippen LogP contribution < -0.4 is 0 Å². The van der Waals surface area contributed by atoms with Crippen LogP contribution in [-0.4, -0.2) is 77.7 Å². The van der Waals surface area contributed by atoms with Crippen LogP contribution in [0.25, 0.3) is 0 Å². The molecule has 0 aliphatic carbocycles. The molecule has 1 aromatic heterocycles. The van der Waals surface area contributed by atoms with Gasteiger partial charge in [0.1, 0.15) is 10.5 Å². The molecule has 2 amide bonds. The van der Waals surface area contributed by atoms with Crippen molar-refractivity contribution in [2.24, 2.45) is 11.8 Å². The molecule has 1 aromatic rings. The molecule has 0 saturated carbocycles. The van der Waals surface area contributed by atoms with Gasteiger partial charge in [-0.15, -0.1) is 11.3 Å². The molecule has 8 nitrogen and oxygen atoms in total. The number of ether oxygens (including phenoxy) is 2. The van der Waals surface area contributed by atoms with Gasteiger partial charge in [0, 0.05) is 31.4 Å². The fraction of sp³-hybridized carbons (Fsp3) is 0.591. The molecule has 2 bridgehead atoms. The number of thiophene rings is 1. The monoisotopic (exact) mass is 444 g/mol. The molecule has 1 N–H and O–H groups in total. The lowest BCUT2D eigenvalue weighted by Gasteiger charge is -2.44. The number of carboxylic acids is 1. The quantitative estimate of drug-likeness (QED) is 0.690. The Balaban J connectivity index is 1.22. The number of nitrogens with zero attached hydrogens (tertiary/aromatic N) is 2. The molecular formula is C22H24N2O6S. The van der Waals surface area contributed by atoms with Crippen molar-refractivity contribution in [2.75, 3.05) is 33.3 Å². The van der Waals surface area contributed by atoms with Crippen LogP contribution in [0.5, 0.6) is 0 Å². The average Bonchev–Trinajstić information content (AvgIpc) is 3.49. The first-order chi connectivity index (χ1) is 14.8. The fourth-order valence-electron chi connectivity index (χ4n) is 6.21. The summed E-state index contributed by atoms with van der Waals surface area (Å²) in [6.45, 7) is 2.10. The molecule has 164 valence electrons. The van der Waals surface area contributed by atoms with Crippen LogP contribution in [0.1, 0.15) is 33.0 Å². The minimum absolute atomic E-state index is 0.0154. The number of rotatable bonds is 2. The molecule has 0 unspecified atom stereocenters. The smallest absolute Gasteiger partial charge is 0.345 e. The maximum atomic E-state index is 13.5. The van der Waals surface area contributed by atoms with E-state index in [2.05, 4.69) is 0 Å². The number of piperidine rings is 1. The summed E-state index contributed by atoms with van der Waals surface area (Å²) in [5, 5.41) is 9.39. The normalized spacial score (nSPS) is 35.0. The molecule has 4 atom stereocenters. The second-order valence-electron chi connectivity index (χ2n) is 9.26. The highest BCUT2D eigenvalue weighted by atomic mass is 32.1. The van der Waals surface area contributed by atoms with Gasteiger partial charge in [0.05, 0.1) is 36.7 Å². The maximum Gasteiger partial charge on any atom is 0.345 e. The van der Waals surface area contributed by atoms with Gasteiger partial charge in [-0.3, -0.25) is 9.59 Å². The molecule has 6 heterocycles. The maximum absolute atomic E-state index is 13.5. The fourth-order valence-corrected chi connectivity index (χ4v) is 7.28. The Bertz CT molecular complexity index is 1030. The highest BCUT2D eigenvalue weighted by molar-refractivity contribution is 7.14. The zero-order chi connectivity index (χ0) is 21.5. The Hall–Kier alpha value is -2.23. The van der Waals surface area contributed by atoms with Crippen LogP contribution >= 0.6 is 11.3 Å². The topological polar surface area (TPSA) is 96.4 Å². The van der Waals surface area contributed by atoms with E-state index in [1.807, 2.05) is 17.1 Å². The summed E-state index contributed by atoms with van der Waals surface area (Å²) in [6.07, 6.45) is 5.54. The van der Waals surface area contributed by atoms with E-state index in [-0.39, 0.29) is 17.9 Å². The average molecular weight is 445 g/mol. The van der Waals surface area contributed by atoms with Gasteiger partial charge in [-0.05, 0) is 24.5 Å². The van der Waals surface area contributed by atoms with Gasteiger partial charge in [0.25, 0.3) is 0 Å². The van der Waals surface area contributed by atoms with Gasteiger partial charge < -0.3 is 24.4 Å². The van der Waals surface area contributed by atoms with E-state index in [1.165, 1.54) is 11.3 Å².